The Morgan fingerprint density at radius 2 is 2.12 bits per heavy atom. The third-order valence-electron chi connectivity index (χ3n) is 3.11. The van der Waals surface area contributed by atoms with E-state index in [-0.39, 0.29) is 0 Å². The summed E-state index contributed by atoms with van der Waals surface area (Å²) in [6.45, 7) is 2.21. The molecule has 2 fully saturated rings. The smallest absolute Gasteiger partial charge is 0.157 e. The average molecular weight is 232 g/mol. The van der Waals surface area contributed by atoms with Crippen LogP contribution in [0.4, 0.5) is 0 Å². The van der Waals surface area contributed by atoms with Gasteiger partial charge in [0.15, 0.2) is 5.17 Å². The molecule has 0 aromatic heterocycles. The standard InChI is InChI=1S/C13H16N2S/c1-9-8-16-13(14-9)15-12-7-11(12)10-5-3-2-4-6-10/h2-6,9,11-12H,7-8H2,1H3,(H,14,15). The molecule has 3 rings (SSSR count). The Hall–Kier alpha value is -0.960. The highest BCUT2D eigenvalue weighted by molar-refractivity contribution is 8.14. The van der Waals surface area contributed by atoms with E-state index >= 15 is 0 Å². The second-order valence-electron chi connectivity index (χ2n) is 4.61. The van der Waals surface area contributed by atoms with Gasteiger partial charge in [-0.2, -0.15) is 0 Å². The molecule has 0 radical (unpaired) electrons. The average Bonchev–Trinajstić information content (AvgIpc) is 2.95. The van der Waals surface area contributed by atoms with E-state index in [1.807, 2.05) is 11.8 Å². The Labute approximate surface area is 101 Å². The molecule has 1 aliphatic carbocycles. The van der Waals surface area contributed by atoms with Gasteiger partial charge >= 0.3 is 0 Å². The summed E-state index contributed by atoms with van der Waals surface area (Å²) < 4.78 is 0. The molecule has 1 aliphatic heterocycles. The van der Waals surface area contributed by atoms with E-state index in [2.05, 4.69) is 42.6 Å². The number of thioether (sulfide) groups is 1. The zero-order valence-corrected chi connectivity index (χ0v) is 10.2. The van der Waals surface area contributed by atoms with Crippen LogP contribution in [0, 0.1) is 0 Å². The number of benzene rings is 1. The maximum absolute atomic E-state index is 4.76. The van der Waals surface area contributed by atoms with Crippen LogP contribution < -0.4 is 5.32 Å². The fourth-order valence-electron chi connectivity index (χ4n) is 2.11. The molecule has 1 aromatic carbocycles. The highest BCUT2D eigenvalue weighted by Crippen LogP contribution is 2.43. The van der Waals surface area contributed by atoms with Crippen molar-refractivity contribution in [1.29, 1.82) is 0 Å². The molecule has 3 unspecified atom stereocenters. The van der Waals surface area contributed by atoms with Gasteiger partial charge in [0, 0.05) is 17.7 Å². The van der Waals surface area contributed by atoms with Gasteiger partial charge < -0.3 is 5.32 Å². The highest BCUT2D eigenvalue weighted by Gasteiger charge is 2.38. The van der Waals surface area contributed by atoms with Crippen molar-refractivity contribution in [3.05, 3.63) is 35.9 Å². The van der Waals surface area contributed by atoms with Gasteiger partial charge in [-0.05, 0) is 18.9 Å². The first-order valence-electron chi connectivity index (χ1n) is 5.85. The third-order valence-corrected chi connectivity index (χ3v) is 4.27. The Kier molecular flexibility index (Phi) is 2.64. The lowest BCUT2D eigenvalue weighted by Gasteiger charge is -2.01. The van der Waals surface area contributed by atoms with Gasteiger partial charge in [-0.25, -0.2) is 0 Å². The van der Waals surface area contributed by atoms with Gasteiger partial charge in [-0.1, -0.05) is 42.1 Å². The summed E-state index contributed by atoms with van der Waals surface area (Å²) in [6.07, 6.45) is 1.21. The molecule has 3 atom stereocenters. The first-order valence-corrected chi connectivity index (χ1v) is 6.83. The highest BCUT2D eigenvalue weighted by atomic mass is 32.2. The second kappa shape index (κ2) is 4.13. The SMILES string of the molecule is CC1CSC(=NC2CC2c2ccccc2)N1. The molecule has 1 saturated heterocycles. The minimum Gasteiger partial charge on any atom is -0.362 e. The third kappa shape index (κ3) is 2.09. The van der Waals surface area contributed by atoms with Crippen LogP contribution in [0.5, 0.6) is 0 Å². The van der Waals surface area contributed by atoms with E-state index < -0.39 is 0 Å². The summed E-state index contributed by atoms with van der Waals surface area (Å²) in [6, 6.07) is 11.8. The Bertz CT molecular complexity index is 402. The van der Waals surface area contributed by atoms with Crippen LogP contribution in [-0.4, -0.2) is 23.0 Å². The zero-order chi connectivity index (χ0) is 11.0. The minimum absolute atomic E-state index is 0.516. The molecule has 84 valence electrons. The van der Waals surface area contributed by atoms with E-state index in [0.29, 0.717) is 18.0 Å². The molecule has 1 N–H and O–H groups in total. The fraction of sp³-hybridized carbons (Fsp3) is 0.462. The maximum Gasteiger partial charge on any atom is 0.157 e. The lowest BCUT2D eigenvalue weighted by atomic mass is 10.1. The number of aliphatic imine (C=N–C) groups is 1. The molecule has 1 heterocycles. The Balaban J connectivity index is 1.65. The summed E-state index contributed by atoms with van der Waals surface area (Å²) in [4.78, 5) is 4.76. The predicted octanol–water partition coefficient (Wildman–Crippen LogP) is 2.62. The number of hydrogen-bond donors (Lipinski definition) is 1. The molecule has 2 aliphatic rings. The number of nitrogens with one attached hydrogen (secondary N) is 1. The first-order chi connectivity index (χ1) is 7.83. The quantitative estimate of drug-likeness (QED) is 0.847. The maximum atomic E-state index is 4.76. The fourth-order valence-corrected chi connectivity index (χ4v) is 3.09. The minimum atomic E-state index is 0.516. The second-order valence-corrected chi connectivity index (χ2v) is 5.62. The van der Waals surface area contributed by atoms with Crippen molar-refractivity contribution in [3.8, 4) is 0 Å². The monoisotopic (exact) mass is 232 g/mol. The van der Waals surface area contributed by atoms with Crippen LogP contribution in [0.1, 0.15) is 24.8 Å². The van der Waals surface area contributed by atoms with Crippen molar-refractivity contribution in [2.45, 2.75) is 31.3 Å². The van der Waals surface area contributed by atoms with Gasteiger partial charge in [0.1, 0.15) is 0 Å². The molecule has 1 saturated carbocycles. The van der Waals surface area contributed by atoms with Gasteiger partial charge in [0.2, 0.25) is 0 Å². The molecule has 0 bridgehead atoms. The molecule has 3 heteroatoms. The van der Waals surface area contributed by atoms with Crippen molar-refractivity contribution in [1.82, 2.24) is 5.32 Å². The van der Waals surface area contributed by atoms with E-state index in [4.69, 9.17) is 4.99 Å². The van der Waals surface area contributed by atoms with Gasteiger partial charge in [-0.3, -0.25) is 4.99 Å². The zero-order valence-electron chi connectivity index (χ0n) is 9.39. The summed E-state index contributed by atoms with van der Waals surface area (Å²) >= 11 is 1.85. The Morgan fingerprint density at radius 1 is 1.31 bits per heavy atom. The lowest BCUT2D eigenvalue weighted by Crippen LogP contribution is -2.23. The van der Waals surface area contributed by atoms with Crippen molar-refractivity contribution in [2.75, 3.05) is 5.75 Å². The van der Waals surface area contributed by atoms with Gasteiger partial charge in [-0.15, -0.1) is 0 Å². The van der Waals surface area contributed by atoms with Crippen LogP contribution in [-0.2, 0) is 0 Å². The number of amidine groups is 1. The normalized spacial score (nSPS) is 35.1. The van der Waals surface area contributed by atoms with Crippen molar-refractivity contribution in [2.24, 2.45) is 4.99 Å². The van der Waals surface area contributed by atoms with Crippen LogP contribution in [0.2, 0.25) is 0 Å². The first kappa shape index (κ1) is 10.2. The van der Waals surface area contributed by atoms with Crippen molar-refractivity contribution < 1.29 is 0 Å². The van der Waals surface area contributed by atoms with Crippen molar-refractivity contribution >= 4 is 16.9 Å². The van der Waals surface area contributed by atoms with E-state index in [9.17, 15) is 0 Å². The van der Waals surface area contributed by atoms with Crippen LogP contribution in [0.25, 0.3) is 0 Å². The molecule has 2 nitrogen and oxygen atoms in total. The number of rotatable bonds is 2. The summed E-state index contributed by atoms with van der Waals surface area (Å²) in [5.74, 6) is 1.81. The summed E-state index contributed by atoms with van der Waals surface area (Å²) in [7, 11) is 0. The molecular formula is C13H16N2S. The molecule has 0 spiro atoms. The topological polar surface area (TPSA) is 24.4 Å². The summed E-state index contributed by atoms with van der Waals surface area (Å²) in [5.41, 5.74) is 1.44. The molecule has 1 aromatic rings. The molecule has 16 heavy (non-hydrogen) atoms. The van der Waals surface area contributed by atoms with E-state index in [1.165, 1.54) is 12.0 Å². The number of hydrogen-bond acceptors (Lipinski definition) is 2. The van der Waals surface area contributed by atoms with Crippen molar-refractivity contribution in [3.63, 3.8) is 0 Å². The lowest BCUT2D eigenvalue weighted by molar-refractivity contribution is 0.763. The van der Waals surface area contributed by atoms with Crippen LogP contribution >= 0.6 is 11.8 Å². The van der Waals surface area contributed by atoms with Crippen LogP contribution in [0.3, 0.4) is 0 Å². The van der Waals surface area contributed by atoms with Gasteiger partial charge in [0.25, 0.3) is 0 Å². The largest absolute Gasteiger partial charge is 0.362 e. The van der Waals surface area contributed by atoms with E-state index in [1.54, 1.807) is 0 Å². The molecule has 0 amide bonds. The van der Waals surface area contributed by atoms with Gasteiger partial charge in [0.05, 0.1) is 6.04 Å². The Morgan fingerprint density at radius 3 is 2.81 bits per heavy atom. The summed E-state index contributed by atoms with van der Waals surface area (Å²) in [5, 5.41) is 4.56. The van der Waals surface area contributed by atoms with E-state index in [0.717, 1.165) is 10.9 Å². The van der Waals surface area contributed by atoms with Crippen LogP contribution in [0.15, 0.2) is 35.3 Å². The molecular weight excluding hydrogens is 216 g/mol. The predicted molar refractivity (Wildman–Crippen MR) is 70.1 cm³/mol. The number of nitrogens with zero attached hydrogens (tertiary/aromatic N) is 1.